The molecule has 2 aromatic carbocycles. The normalized spacial score (nSPS) is 19.2. The molecule has 7 nitrogen and oxygen atoms in total. The average Bonchev–Trinajstić information content (AvgIpc) is 3.35. The van der Waals surface area contributed by atoms with Gasteiger partial charge in [0.15, 0.2) is 11.6 Å². The molecule has 6 rings (SSSR count). The molecule has 1 atom stereocenters. The van der Waals surface area contributed by atoms with Crippen LogP contribution >= 0.6 is 0 Å². The zero-order chi connectivity index (χ0) is 27.2. The SMILES string of the molecule is O=S(=O)(c1ccc(F)c(F)c1)N1CCC2=Cc3c(cnn3-c3ccc(F)cc3)CC2(COc2ccccn2)C1. The van der Waals surface area contributed by atoms with Crippen LogP contribution in [-0.2, 0) is 16.4 Å². The van der Waals surface area contributed by atoms with Crippen molar-refractivity contribution in [3.8, 4) is 11.6 Å². The maximum absolute atomic E-state index is 13.9. The molecule has 2 aliphatic rings. The lowest BCUT2D eigenvalue weighted by Gasteiger charge is -2.45. The quantitative estimate of drug-likeness (QED) is 0.344. The highest BCUT2D eigenvalue weighted by atomic mass is 32.2. The smallest absolute Gasteiger partial charge is 0.243 e. The Morgan fingerprint density at radius 3 is 2.56 bits per heavy atom. The van der Waals surface area contributed by atoms with Gasteiger partial charge in [-0.2, -0.15) is 9.40 Å². The number of rotatable bonds is 6. The molecule has 0 spiro atoms. The molecule has 200 valence electrons. The van der Waals surface area contributed by atoms with Crippen LogP contribution in [0.3, 0.4) is 0 Å². The van der Waals surface area contributed by atoms with Crippen LogP contribution in [0, 0.1) is 22.9 Å². The Kier molecular flexibility index (Phi) is 6.27. The molecule has 0 bridgehead atoms. The molecule has 1 aliphatic carbocycles. The van der Waals surface area contributed by atoms with Gasteiger partial charge in [0, 0.05) is 30.8 Å². The fourth-order valence-electron chi connectivity index (χ4n) is 5.25. The van der Waals surface area contributed by atoms with Gasteiger partial charge in [-0.05, 0) is 73.0 Å². The summed E-state index contributed by atoms with van der Waals surface area (Å²) < 4.78 is 77.1. The molecule has 0 radical (unpaired) electrons. The van der Waals surface area contributed by atoms with Crippen LogP contribution in [0.1, 0.15) is 17.7 Å². The van der Waals surface area contributed by atoms with Crippen molar-refractivity contribution < 1.29 is 26.3 Å². The van der Waals surface area contributed by atoms with E-state index in [0.717, 1.165) is 29.0 Å². The molecule has 0 N–H and O–H groups in total. The van der Waals surface area contributed by atoms with E-state index in [1.807, 2.05) is 6.08 Å². The monoisotopic (exact) mass is 552 g/mol. The van der Waals surface area contributed by atoms with Gasteiger partial charge in [0.05, 0.1) is 22.5 Å². The third-order valence-electron chi connectivity index (χ3n) is 7.25. The summed E-state index contributed by atoms with van der Waals surface area (Å²) in [6.07, 6.45) is 6.14. The summed E-state index contributed by atoms with van der Waals surface area (Å²) in [6, 6.07) is 13.9. The van der Waals surface area contributed by atoms with Crippen LogP contribution in [-0.4, -0.2) is 47.2 Å². The van der Waals surface area contributed by atoms with E-state index < -0.39 is 27.1 Å². The first-order chi connectivity index (χ1) is 18.7. The van der Waals surface area contributed by atoms with Crippen LogP contribution in [0.15, 0.2) is 83.5 Å². The molecule has 3 heterocycles. The van der Waals surface area contributed by atoms with Gasteiger partial charge in [-0.25, -0.2) is 31.3 Å². The van der Waals surface area contributed by atoms with Gasteiger partial charge in [-0.3, -0.25) is 0 Å². The lowest BCUT2D eigenvalue weighted by Crippen LogP contribution is -2.52. The predicted octanol–water partition coefficient (Wildman–Crippen LogP) is 4.78. The Morgan fingerprint density at radius 1 is 1.00 bits per heavy atom. The number of nitrogens with zero attached hydrogens (tertiary/aromatic N) is 4. The molecule has 1 fully saturated rings. The number of benzene rings is 2. The Balaban J connectivity index is 1.38. The molecule has 11 heteroatoms. The van der Waals surface area contributed by atoms with Crippen molar-refractivity contribution in [3.63, 3.8) is 0 Å². The maximum atomic E-state index is 13.9. The van der Waals surface area contributed by atoms with Crippen molar-refractivity contribution in [1.82, 2.24) is 19.1 Å². The minimum absolute atomic E-state index is 0.0637. The van der Waals surface area contributed by atoms with E-state index in [4.69, 9.17) is 4.74 Å². The number of sulfonamides is 1. The van der Waals surface area contributed by atoms with Crippen molar-refractivity contribution in [1.29, 1.82) is 0 Å². The van der Waals surface area contributed by atoms with Crippen molar-refractivity contribution in [2.45, 2.75) is 17.7 Å². The standard InChI is InChI=1S/C28H23F3N4O3S/c29-21-4-6-22(7-5-21)35-26-13-20-10-12-34(39(36,37)23-8-9-24(30)25(31)14-23)17-28(20,15-19(26)16-33-35)18-38-27-3-1-2-11-32-27/h1-9,11,13-14,16H,10,12,15,17-18H2. The third kappa shape index (κ3) is 4.61. The Hall–Kier alpha value is -3.96. The fraction of sp³-hybridized carbons (Fsp3) is 0.214. The van der Waals surface area contributed by atoms with E-state index >= 15 is 0 Å². The summed E-state index contributed by atoms with van der Waals surface area (Å²) in [7, 11) is -4.12. The fourth-order valence-corrected chi connectivity index (χ4v) is 6.79. The summed E-state index contributed by atoms with van der Waals surface area (Å²) in [5.74, 6) is -2.29. The topological polar surface area (TPSA) is 77.3 Å². The third-order valence-corrected chi connectivity index (χ3v) is 9.09. The average molecular weight is 553 g/mol. The highest BCUT2D eigenvalue weighted by Crippen LogP contribution is 2.45. The van der Waals surface area contributed by atoms with Crippen molar-refractivity contribution in [2.75, 3.05) is 19.7 Å². The molecule has 0 saturated carbocycles. The lowest BCUT2D eigenvalue weighted by molar-refractivity contribution is 0.122. The number of aromatic nitrogens is 3. The highest BCUT2D eigenvalue weighted by Gasteiger charge is 2.47. The van der Waals surface area contributed by atoms with Gasteiger partial charge >= 0.3 is 0 Å². The Bertz CT molecular complexity index is 1670. The van der Waals surface area contributed by atoms with Crippen LogP contribution < -0.4 is 4.74 Å². The first kappa shape index (κ1) is 25.3. The van der Waals surface area contributed by atoms with Gasteiger partial charge in [-0.15, -0.1) is 0 Å². The maximum Gasteiger partial charge on any atom is 0.243 e. The number of piperidine rings is 1. The number of fused-ring (bicyclic) bond motifs is 2. The molecule has 1 saturated heterocycles. The van der Waals surface area contributed by atoms with Gasteiger partial charge in [-0.1, -0.05) is 11.6 Å². The molecule has 39 heavy (non-hydrogen) atoms. The van der Waals surface area contributed by atoms with Gasteiger partial charge < -0.3 is 4.74 Å². The van der Waals surface area contributed by atoms with Gasteiger partial charge in [0.25, 0.3) is 0 Å². The molecule has 1 unspecified atom stereocenters. The summed E-state index contributed by atoms with van der Waals surface area (Å²) >= 11 is 0. The number of ether oxygens (including phenoxy) is 1. The number of hydrogen-bond acceptors (Lipinski definition) is 5. The first-order valence-electron chi connectivity index (χ1n) is 12.3. The van der Waals surface area contributed by atoms with E-state index in [1.165, 1.54) is 16.4 Å². The zero-order valence-corrected chi connectivity index (χ0v) is 21.4. The number of pyridine rings is 1. The Labute approximate surface area is 223 Å². The zero-order valence-electron chi connectivity index (χ0n) is 20.6. The number of hydrogen-bond donors (Lipinski definition) is 0. The summed E-state index contributed by atoms with van der Waals surface area (Å²) in [4.78, 5) is 3.92. The highest BCUT2D eigenvalue weighted by molar-refractivity contribution is 7.89. The van der Waals surface area contributed by atoms with Gasteiger partial charge in [0.2, 0.25) is 15.9 Å². The van der Waals surface area contributed by atoms with E-state index in [0.29, 0.717) is 30.5 Å². The van der Waals surface area contributed by atoms with Crippen LogP contribution in [0.2, 0.25) is 0 Å². The summed E-state index contributed by atoms with van der Waals surface area (Å²) in [5.41, 5.74) is 2.63. The van der Waals surface area contributed by atoms with Crippen molar-refractivity contribution in [2.24, 2.45) is 5.41 Å². The lowest BCUT2D eigenvalue weighted by atomic mass is 9.69. The van der Waals surface area contributed by atoms with Crippen molar-refractivity contribution >= 4 is 16.1 Å². The molecule has 2 aromatic heterocycles. The van der Waals surface area contributed by atoms with E-state index in [-0.39, 0.29) is 30.4 Å². The second-order valence-electron chi connectivity index (χ2n) is 9.69. The second-order valence-corrected chi connectivity index (χ2v) is 11.6. The minimum atomic E-state index is -4.12. The molecule has 1 aliphatic heterocycles. The minimum Gasteiger partial charge on any atom is -0.477 e. The number of halogens is 3. The van der Waals surface area contributed by atoms with E-state index in [1.54, 1.807) is 47.4 Å². The second kappa shape index (κ2) is 9.65. The predicted molar refractivity (Wildman–Crippen MR) is 137 cm³/mol. The van der Waals surface area contributed by atoms with Crippen molar-refractivity contribution in [3.05, 3.63) is 107 Å². The van der Waals surface area contributed by atoms with Crippen LogP contribution in [0.25, 0.3) is 11.8 Å². The first-order valence-corrected chi connectivity index (χ1v) is 13.7. The molecule has 4 aromatic rings. The van der Waals surface area contributed by atoms with E-state index in [9.17, 15) is 21.6 Å². The largest absolute Gasteiger partial charge is 0.477 e. The molecular weight excluding hydrogens is 529 g/mol. The van der Waals surface area contributed by atoms with Crippen LogP contribution in [0.5, 0.6) is 5.88 Å². The Morgan fingerprint density at radius 2 is 1.82 bits per heavy atom. The molecular formula is C28H23F3N4O3S. The summed E-state index contributed by atoms with van der Waals surface area (Å²) in [5, 5.41) is 4.53. The van der Waals surface area contributed by atoms with E-state index in [2.05, 4.69) is 10.1 Å². The summed E-state index contributed by atoms with van der Waals surface area (Å²) in [6.45, 7) is 0.355. The van der Waals surface area contributed by atoms with Gasteiger partial charge in [0.1, 0.15) is 12.4 Å². The molecule has 0 amide bonds. The van der Waals surface area contributed by atoms with Crippen LogP contribution in [0.4, 0.5) is 13.2 Å².